The molecule has 0 aliphatic rings. The first-order valence-corrected chi connectivity index (χ1v) is 14.9. The van der Waals surface area contributed by atoms with Crippen molar-refractivity contribution in [2.45, 2.75) is 45.3 Å². The van der Waals surface area contributed by atoms with E-state index in [0.29, 0.717) is 17.7 Å². The summed E-state index contributed by atoms with van der Waals surface area (Å²) in [5, 5.41) is 2.97. The van der Waals surface area contributed by atoms with Gasteiger partial charge in [0.05, 0.1) is 19.1 Å². The third-order valence-electron chi connectivity index (χ3n) is 6.56. The van der Waals surface area contributed by atoms with Gasteiger partial charge in [-0.3, -0.25) is 13.9 Å². The number of benzene rings is 3. The fourth-order valence-electron chi connectivity index (χ4n) is 4.16. The molecule has 0 aromatic heterocycles. The van der Waals surface area contributed by atoms with E-state index < -0.39 is 34.3 Å². The maximum Gasteiger partial charge on any atom is 0.244 e. The number of hydrogen-bond donors (Lipinski definition) is 1. The van der Waals surface area contributed by atoms with Crippen molar-refractivity contribution in [3.8, 4) is 5.75 Å². The molecule has 0 heterocycles. The highest BCUT2D eigenvalue weighted by Gasteiger charge is 2.33. The molecule has 0 aliphatic carbocycles. The van der Waals surface area contributed by atoms with Gasteiger partial charge in [-0.25, -0.2) is 12.8 Å². The summed E-state index contributed by atoms with van der Waals surface area (Å²) in [6.45, 7) is 3.24. The van der Waals surface area contributed by atoms with Gasteiger partial charge in [0.1, 0.15) is 24.2 Å². The lowest BCUT2D eigenvalue weighted by molar-refractivity contribution is -0.140. The van der Waals surface area contributed by atoms with Gasteiger partial charge in [-0.05, 0) is 48.7 Å². The zero-order valence-electron chi connectivity index (χ0n) is 23.2. The molecule has 0 aliphatic heterocycles. The molecule has 0 unspecified atom stereocenters. The molecule has 0 spiro atoms. The van der Waals surface area contributed by atoms with Gasteiger partial charge in [0.25, 0.3) is 0 Å². The second kappa shape index (κ2) is 13.9. The lowest BCUT2D eigenvalue weighted by atomic mass is 10.0. The second-order valence-corrected chi connectivity index (χ2v) is 11.5. The molecule has 0 saturated heterocycles. The molecule has 2 amide bonds. The van der Waals surface area contributed by atoms with Crippen LogP contribution in [0.1, 0.15) is 31.4 Å². The van der Waals surface area contributed by atoms with E-state index in [9.17, 15) is 22.4 Å². The molecule has 3 aromatic carbocycles. The summed E-state index contributed by atoms with van der Waals surface area (Å²) < 4.78 is 45.6. The Morgan fingerprint density at radius 3 is 2.25 bits per heavy atom. The normalized spacial score (nSPS) is 12.7. The first-order chi connectivity index (χ1) is 19.0. The van der Waals surface area contributed by atoms with Gasteiger partial charge in [0, 0.05) is 25.1 Å². The standard InChI is InChI=1S/C30H36FN3O5S/c1-5-22(2)32-30(36)28(18-23-10-7-6-8-11-23)33(20-24-14-16-25(31)17-15-24)29(35)21-34(40(4,37)38)26-12-9-13-27(19-26)39-3/h6-17,19,22,28H,5,18,20-21H2,1-4H3,(H,32,36)/t22-,28+/m0/s1. The maximum absolute atomic E-state index is 14.0. The Kier molecular flexibility index (Phi) is 10.7. The number of carbonyl (C=O) groups excluding carboxylic acids is 2. The fraction of sp³-hybridized carbons (Fsp3) is 0.333. The van der Waals surface area contributed by atoms with Crippen molar-refractivity contribution >= 4 is 27.5 Å². The van der Waals surface area contributed by atoms with Crippen LogP contribution >= 0.6 is 0 Å². The van der Waals surface area contributed by atoms with Gasteiger partial charge in [0.15, 0.2) is 0 Å². The SMILES string of the molecule is CC[C@H](C)NC(=O)[C@@H](Cc1ccccc1)N(Cc1ccc(F)cc1)C(=O)CN(c1cccc(OC)c1)S(C)(=O)=O. The van der Waals surface area contributed by atoms with E-state index in [-0.39, 0.29) is 30.6 Å². The van der Waals surface area contributed by atoms with Crippen molar-refractivity contribution in [2.75, 3.05) is 24.2 Å². The number of ether oxygens (including phenoxy) is 1. The summed E-state index contributed by atoms with van der Waals surface area (Å²) in [5.74, 6) is -0.950. The van der Waals surface area contributed by atoms with Gasteiger partial charge < -0.3 is 15.0 Å². The molecule has 3 aromatic rings. The maximum atomic E-state index is 14.0. The summed E-state index contributed by atoms with van der Waals surface area (Å²) in [4.78, 5) is 29.0. The monoisotopic (exact) mass is 569 g/mol. The number of nitrogens with one attached hydrogen (secondary N) is 1. The Bertz CT molecular complexity index is 1380. The quantitative estimate of drug-likeness (QED) is 0.334. The van der Waals surface area contributed by atoms with E-state index in [4.69, 9.17) is 4.74 Å². The molecule has 0 fully saturated rings. The van der Waals surface area contributed by atoms with Crippen molar-refractivity contribution in [1.29, 1.82) is 0 Å². The Labute approximate surface area is 235 Å². The number of amides is 2. The molecule has 214 valence electrons. The smallest absolute Gasteiger partial charge is 0.244 e. The van der Waals surface area contributed by atoms with Crippen molar-refractivity contribution in [3.63, 3.8) is 0 Å². The van der Waals surface area contributed by atoms with E-state index in [1.807, 2.05) is 44.2 Å². The molecule has 3 rings (SSSR count). The topological polar surface area (TPSA) is 96.0 Å². The Morgan fingerprint density at radius 2 is 1.65 bits per heavy atom. The molecule has 0 bridgehead atoms. The molecule has 40 heavy (non-hydrogen) atoms. The van der Waals surface area contributed by atoms with E-state index >= 15 is 0 Å². The highest BCUT2D eigenvalue weighted by Crippen LogP contribution is 2.24. The van der Waals surface area contributed by atoms with E-state index in [1.54, 1.807) is 18.2 Å². The number of hydrogen-bond acceptors (Lipinski definition) is 5. The lowest BCUT2D eigenvalue weighted by Gasteiger charge is -2.34. The number of rotatable bonds is 13. The summed E-state index contributed by atoms with van der Waals surface area (Å²) in [7, 11) is -2.44. The third kappa shape index (κ3) is 8.54. The second-order valence-electron chi connectivity index (χ2n) is 9.64. The largest absolute Gasteiger partial charge is 0.497 e. The van der Waals surface area contributed by atoms with Gasteiger partial charge in [-0.15, -0.1) is 0 Å². The number of nitrogens with zero attached hydrogens (tertiary/aromatic N) is 2. The predicted molar refractivity (Wildman–Crippen MR) is 154 cm³/mol. The summed E-state index contributed by atoms with van der Waals surface area (Å²) in [5.41, 5.74) is 1.67. The third-order valence-corrected chi connectivity index (χ3v) is 7.70. The first-order valence-electron chi connectivity index (χ1n) is 13.0. The number of methoxy groups -OCH3 is 1. The number of halogens is 1. The molecule has 0 saturated carbocycles. The average Bonchev–Trinajstić information content (AvgIpc) is 2.94. The highest BCUT2D eigenvalue weighted by atomic mass is 32.2. The molecule has 1 N–H and O–H groups in total. The van der Waals surface area contributed by atoms with Crippen LogP contribution in [0.15, 0.2) is 78.9 Å². The van der Waals surface area contributed by atoms with E-state index in [2.05, 4.69) is 5.32 Å². The highest BCUT2D eigenvalue weighted by molar-refractivity contribution is 7.92. The van der Waals surface area contributed by atoms with Crippen molar-refractivity contribution in [1.82, 2.24) is 10.2 Å². The Balaban J connectivity index is 2.06. The van der Waals surface area contributed by atoms with Crippen LogP contribution in [0.4, 0.5) is 10.1 Å². The van der Waals surface area contributed by atoms with Gasteiger partial charge in [0.2, 0.25) is 21.8 Å². The molecular formula is C30H36FN3O5S. The Morgan fingerprint density at radius 1 is 0.975 bits per heavy atom. The van der Waals surface area contributed by atoms with Gasteiger partial charge in [-0.1, -0.05) is 55.5 Å². The summed E-state index contributed by atoms with van der Waals surface area (Å²) >= 11 is 0. The minimum absolute atomic E-state index is 0.0275. The number of anilines is 1. The Hall–Kier alpha value is -3.92. The van der Waals surface area contributed by atoms with E-state index in [0.717, 1.165) is 16.1 Å². The lowest BCUT2D eigenvalue weighted by Crippen LogP contribution is -2.54. The number of carbonyl (C=O) groups is 2. The first kappa shape index (κ1) is 30.6. The molecule has 0 radical (unpaired) electrons. The summed E-state index contributed by atoms with van der Waals surface area (Å²) in [6, 6.07) is 20.2. The van der Waals surface area contributed by atoms with Crippen LogP contribution in [0.3, 0.4) is 0 Å². The van der Waals surface area contributed by atoms with Crippen LogP contribution in [0, 0.1) is 5.82 Å². The van der Waals surface area contributed by atoms with Crippen molar-refractivity contribution in [3.05, 3.63) is 95.8 Å². The van der Waals surface area contributed by atoms with E-state index in [1.165, 1.54) is 42.3 Å². The zero-order chi connectivity index (χ0) is 29.3. The van der Waals surface area contributed by atoms with Crippen LogP contribution < -0.4 is 14.4 Å². The number of sulfonamides is 1. The molecule has 10 heteroatoms. The minimum atomic E-state index is -3.90. The van der Waals surface area contributed by atoms with Crippen molar-refractivity contribution < 1.29 is 27.1 Å². The molecule has 8 nitrogen and oxygen atoms in total. The minimum Gasteiger partial charge on any atom is -0.497 e. The van der Waals surface area contributed by atoms with Gasteiger partial charge >= 0.3 is 0 Å². The van der Waals surface area contributed by atoms with Crippen LogP contribution in [0.5, 0.6) is 5.75 Å². The summed E-state index contributed by atoms with van der Waals surface area (Å²) in [6.07, 6.45) is 1.91. The zero-order valence-corrected chi connectivity index (χ0v) is 24.0. The van der Waals surface area contributed by atoms with Gasteiger partial charge in [-0.2, -0.15) is 0 Å². The van der Waals surface area contributed by atoms with Crippen LogP contribution in [0.25, 0.3) is 0 Å². The predicted octanol–water partition coefficient (Wildman–Crippen LogP) is 4.16. The van der Waals surface area contributed by atoms with Crippen molar-refractivity contribution in [2.24, 2.45) is 0 Å². The van der Waals surface area contributed by atoms with Crippen LogP contribution in [-0.2, 0) is 32.6 Å². The fourth-order valence-corrected chi connectivity index (χ4v) is 5.00. The average molecular weight is 570 g/mol. The molecular weight excluding hydrogens is 533 g/mol. The van der Waals surface area contributed by atoms with Crippen LogP contribution in [0.2, 0.25) is 0 Å². The molecule has 2 atom stereocenters. The van der Waals surface area contributed by atoms with Crippen LogP contribution in [-0.4, -0.2) is 57.1 Å².